The number of anilines is 1. The first-order valence-electron chi connectivity index (χ1n) is 18.5. The number of rotatable bonds is 9. The number of aromatic nitrogens is 1. The molecule has 2 N–H and O–H groups in total. The van der Waals surface area contributed by atoms with Crippen LogP contribution in [0.15, 0.2) is 96.7 Å². The second kappa shape index (κ2) is 15.1. The number of carbonyl (C=O) groups is 4. The molecule has 8 rings (SSSR count). The van der Waals surface area contributed by atoms with Crippen LogP contribution in [-0.4, -0.2) is 57.8 Å². The van der Waals surface area contributed by atoms with Gasteiger partial charge in [0.1, 0.15) is 0 Å². The van der Waals surface area contributed by atoms with E-state index >= 15 is 4.79 Å². The molecule has 304 valence electrons. The normalized spacial score (nSPS) is 25.2. The lowest BCUT2D eigenvalue weighted by atomic mass is 9.50. The maximum Gasteiger partial charge on any atom is 0.417 e. The average molecular weight is 848 g/mol. The SMILES string of the molecule is COc1cc(C=CC2C3=CCC4C(=O)N(Cc5ccccc5)C(=O)C4C3CC3C(=O)N(Nc4ncc(C(F)(F)F)cc4Cl)C(=O)C23c2ccc(Cl)cc2)cc(OC)c1O. The van der Waals surface area contributed by atoms with Crippen LogP contribution in [0, 0.1) is 29.6 Å². The highest BCUT2D eigenvalue weighted by atomic mass is 35.5. The number of phenolic OH excluding ortho intramolecular Hbond substituents is 1. The summed E-state index contributed by atoms with van der Waals surface area (Å²) in [6.45, 7) is 0.0650. The number of amides is 4. The Morgan fingerprint density at radius 1 is 0.932 bits per heavy atom. The van der Waals surface area contributed by atoms with Crippen molar-refractivity contribution in [2.45, 2.75) is 31.0 Å². The number of benzene rings is 3. The number of halogens is 5. The van der Waals surface area contributed by atoms with Crippen LogP contribution in [0.4, 0.5) is 19.0 Å². The third-order valence-corrected chi connectivity index (χ3v) is 12.4. The topological polar surface area (TPSA) is 138 Å². The molecule has 16 heteroatoms. The van der Waals surface area contributed by atoms with Gasteiger partial charge in [-0.05, 0) is 65.8 Å². The molecule has 3 fully saturated rings. The first kappa shape index (κ1) is 39.9. The van der Waals surface area contributed by atoms with Gasteiger partial charge in [-0.15, -0.1) is 0 Å². The summed E-state index contributed by atoms with van der Waals surface area (Å²) >= 11 is 12.6. The zero-order valence-electron chi connectivity index (χ0n) is 31.4. The number of ether oxygens (including phenoxy) is 2. The average Bonchev–Trinajstić information content (AvgIpc) is 3.58. The molecule has 2 saturated heterocycles. The Morgan fingerprint density at radius 2 is 1.61 bits per heavy atom. The molecule has 4 amide bonds. The Kier molecular flexibility index (Phi) is 10.2. The predicted molar refractivity (Wildman–Crippen MR) is 210 cm³/mol. The van der Waals surface area contributed by atoms with E-state index in [1.807, 2.05) is 36.4 Å². The minimum absolute atomic E-state index is 0.0318. The first-order chi connectivity index (χ1) is 28.2. The number of pyridine rings is 1. The van der Waals surface area contributed by atoms with Crippen LogP contribution in [-0.2, 0) is 37.3 Å². The predicted octanol–water partition coefficient (Wildman–Crippen LogP) is 7.86. The summed E-state index contributed by atoms with van der Waals surface area (Å²) in [6, 6.07) is 19.3. The largest absolute Gasteiger partial charge is 0.502 e. The minimum atomic E-state index is -4.76. The summed E-state index contributed by atoms with van der Waals surface area (Å²) < 4.78 is 51.3. The summed E-state index contributed by atoms with van der Waals surface area (Å²) in [5, 5.41) is 11.2. The molecule has 59 heavy (non-hydrogen) atoms. The van der Waals surface area contributed by atoms with Crippen LogP contribution in [0.3, 0.4) is 0 Å². The Morgan fingerprint density at radius 3 is 2.24 bits per heavy atom. The van der Waals surface area contributed by atoms with Crippen LogP contribution < -0.4 is 14.9 Å². The lowest BCUT2D eigenvalue weighted by Crippen LogP contribution is -2.54. The molecule has 0 spiro atoms. The van der Waals surface area contributed by atoms with E-state index in [0.29, 0.717) is 34.0 Å². The molecular weight excluding hydrogens is 812 g/mol. The Hall–Kier alpha value is -5.86. The number of carbonyl (C=O) groups excluding carboxylic acids is 4. The molecule has 4 aliphatic rings. The number of allylic oxidation sites excluding steroid dienone is 3. The lowest BCUT2D eigenvalue weighted by Gasteiger charge is -2.49. The van der Waals surface area contributed by atoms with Gasteiger partial charge < -0.3 is 14.6 Å². The second-order valence-corrected chi connectivity index (χ2v) is 15.7. The van der Waals surface area contributed by atoms with Gasteiger partial charge in [-0.3, -0.25) is 29.5 Å². The van der Waals surface area contributed by atoms with Gasteiger partial charge >= 0.3 is 6.18 Å². The second-order valence-electron chi connectivity index (χ2n) is 14.8. The smallest absolute Gasteiger partial charge is 0.417 e. The minimum Gasteiger partial charge on any atom is -0.502 e. The summed E-state index contributed by atoms with van der Waals surface area (Å²) in [4.78, 5) is 63.7. The Balaban J connectivity index is 1.29. The summed E-state index contributed by atoms with van der Waals surface area (Å²) in [6.07, 6.45) is 1.24. The van der Waals surface area contributed by atoms with Crippen LogP contribution in [0.2, 0.25) is 10.0 Å². The maximum atomic E-state index is 15.3. The van der Waals surface area contributed by atoms with Gasteiger partial charge in [0.15, 0.2) is 17.3 Å². The van der Waals surface area contributed by atoms with Gasteiger partial charge in [-0.1, -0.05) is 89.5 Å². The zero-order valence-corrected chi connectivity index (χ0v) is 32.9. The number of likely N-dealkylation sites (tertiary alicyclic amines) is 1. The quantitative estimate of drug-likeness (QED) is 0.127. The van der Waals surface area contributed by atoms with Crippen molar-refractivity contribution in [1.29, 1.82) is 0 Å². The number of nitrogens with one attached hydrogen (secondary N) is 1. The molecule has 0 bridgehead atoms. The molecule has 3 heterocycles. The van der Waals surface area contributed by atoms with E-state index in [9.17, 15) is 32.7 Å². The van der Waals surface area contributed by atoms with E-state index < -0.39 is 63.6 Å². The van der Waals surface area contributed by atoms with E-state index in [1.165, 1.54) is 19.1 Å². The molecule has 1 aromatic heterocycles. The number of nitrogens with zero attached hydrogens (tertiary/aromatic N) is 3. The Bertz CT molecular complexity index is 2420. The molecular formula is C43H35Cl2F3N4O7. The van der Waals surface area contributed by atoms with Crippen molar-refractivity contribution >= 4 is 58.7 Å². The summed E-state index contributed by atoms with van der Waals surface area (Å²) in [5.74, 6) is -6.99. The van der Waals surface area contributed by atoms with Crippen LogP contribution >= 0.6 is 23.2 Å². The number of methoxy groups -OCH3 is 2. The fourth-order valence-electron chi connectivity index (χ4n) is 9.23. The van der Waals surface area contributed by atoms with Gasteiger partial charge in [0.05, 0.1) is 54.5 Å². The molecule has 3 aromatic carbocycles. The highest BCUT2D eigenvalue weighted by Crippen LogP contribution is 2.62. The standard InChI is InChI=1S/C43H35Cl2F3N4O7/c1-58-33-16-23(17-34(59-2)36(33)53)8-15-30-27-13-14-28-35(40(56)51(38(28)54)21-22-6-4-3-5-7-22)29(27)19-31-39(55)52(41(57)42(30,31)24-9-11-26(44)12-10-24)50-37-32(45)18-25(20-49-37)43(46,47)48/h3-13,15-18,20,28-31,35,53H,14,19,21H2,1-2H3,(H,49,50). The van der Waals surface area contributed by atoms with Gasteiger partial charge in [-0.25, -0.2) is 4.98 Å². The summed E-state index contributed by atoms with van der Waals surface area (Å²) in [5.41, 5.74) is 2.08. The van der Waals surface area contributed by atoms with Gasteiger partial charge in [0, 0.05) is 17.1 Å². The van der Waals surface area contributed by atoms with Crippen LogP contribution in [0.1, 0.15) is 35.1 Å². The van der Waals surface area contributed by atoms with Crippen LogP contribution in [0.5, 0.6) is 17.2 Å². The number of phenols is 1. The monoisotopic (exact) mass is 846 g/mol. The van der Waals surface area contributed by atoms with E-state index in [-0.39, 0.29) is 54.3 Å². The molecule has 6 atom stereocenters. The molecule has 2 aliphatic carbocycles. The fourth-order valence-corrected chi connectivity index (χ4v) is 9.57. The van der Waals surface area contributed by atoms with Crippen LogP contribution in [0.25, 0.3) is 6.08 Å². The fraction of sp³-hybridized carbons (Fsp3) is 0.279. The molecule has 11 nitrogen and oxygen atoms in total. The first-order valence-corrected chi connectivity index (χ1v) is 19.3. The van der Waals surface area contributed by atoms with Crippen molar-refractivity contribution in [3.63, 3.8) is 0 Å². The Labute approximate surface area is 346 Å². The zero-order chi connectivity index (χ0) is 42.0. The van der Waals surface area contributed by atoms with E-state index in [0.717, 1.165) is 10.6 Å². The number of aromatic hydroxyl groups is 1. The van der Waals surface area contributed by atoms with Crippen molar-refractivity contribution < 1.29 is 46.9 Å². The molecule has 4 aromatic rings. The van der Waals surface area contributed by atoms with Crippen molar-refractivity contribution in [2.75, 3.05) is 19.6 Å². The van der Waals surface area contributed by atoms with E-state index in [4.69, 9.17) is 32.7 Å². The molecule has 2 aliphatic heterocycles. The number of hydrogen-bond donors (Lipinski definition) is 2. The van der Waals surface area contributed by atoms with Crippen molar-refractivity contribution in [1.82, 2.24) is 14.9 Å². The number of alkyl halides is 3. The number of hydrogen-bond acceptors (Lipinski definition) is 9. The van der Waals surface area contributed by atoms with Crippen molar-refractivity contribution in [3.8, 4) is 17.2 Å². The van der Waals surface area contributed by atoms with Gasteiger partial charge in [-0.2, -0.15) is 18.2 Å². The molecule has 1 saturated carbocycles. The highest BCUT2D eigenvalue weighted by molar-refractivity contribution is 6.33. The third kappa shape index (κ3) is 6.58. The third-order valence-electron chi connectivity index (χ3n) is 11.9. The molecule has 0 radical (unpaired) electrons. The van der Waals surface area contributed by atoms with E-state index in [1.54, 1.807) is 48.6 Å². The number of imide groups is 2. The highest BCUT2D eigenvalue weighted by Gasteiger charge is 2.69. The van der Waals surface area contributed by atoms with E-state index in [2.05, 4.69) is 10.4 Å². The van der Waals surface area contributed by atoms with Crippen molar-refractivity contribution in [3.05, 3.63) is 129 Å². The molecule has 6 unspecified atom stereocenters. The number of fused-ring (bicyclic) bond motifs is 4. The number of hydrazine groups is 1. The van der Waals surface area contributed by atoms with Gasteiger partial charge in [0.2, 0.25) is 17.6 Å². The lowest BCUT2D eigenvalue weighted by molar-refractivity contribution is -0.142. The van der Waals surface area contributed by atoms with Crippen molar-refractivity contribution in [2.24, 2.45) is 29.6 Å². The summed E-state index contributed by atoms with van der Waals surface area (Å²) in [7, 11) is 2.75. The maximum absolute atomic E-state index is 15.3. The van der Waals surface area contributed by atoms with Gasteiger partial charge in [0.25, 0.3) is 11.8 Å².